The van der Waals surface area contributed by atoms with Crippen molar-refractivity contribution >= 4 is 5.97 Å². The fraction of sp³-hybridized carbons (Fsp3) is 0.632. The first kappa shape index (κ1) is 16.5. The van der Waals surface area contributed by atoms with Gasteiger partial charge in [-0.2, -0.15) is 0 Å². The number of aliphatic hydroxyl groups is 1. The van der Waals surface area contributed by atoms with Crippen LogP contribution in [0, 0.1) is 5.92 Å². The zero-order valence-corrected chi connectivity index (χ0v) is 14.2. The highest BCUT2D eigenvalue weighted by Crippen LogP contribution is 2.38. The molecule has 0 amide bonds. The molecule has 0 saturated carbocycles. The van der Waals surface area contributed by atoms with Gasteiger partial charge < -0.3 is 9.84 Å². The zero-order valence-electron chi connectivity index (χ0n) is 14.2. The van der Waals surface area contributed by atoms with Gasteiger partial charge in [-0.05, 0) is 44.2 Å². The van der Waals surface area contributed by atoms with E-state index in [9.17, 15) is 9.90 Å². The van der Waals surface area contributed by atoms with Gasteiger partial charge in [0.25, 0.3) is 0 Å². The predicted molar refractivity (Wildman–Crippen MR) is 88.9 cm³/mol. The topological polar surface area (TPSA) is 49.8 Å². The lowest BCUT2D eigenvalue weighted by molar-refractivity contribution is -0.182. The van der Waals surface area contributed by atoms with E-state index in [1.165, 1.54) is 6.42 Å². The summed E-state index contributed by atoms with van der Waals surface area (Å²) in [7, 11) is 2.12. The Morgan fingerprint density at radius 2 is 1.87 bits per heavy atom. The first-order valence-electron chi connectivity index (χ1n) is 8.65. The van der Waals surface area contributed by atoms with Gasteiger partial charge in [-0.3, -0.25) is 4.90 Å². The number of nitrogens with zero attached hydrogens (tertiary/aromatic N) is 1. The summed E-state index contributed by atoms with van der Waals surface area (Å²) >= 11 is 0. The van der Waals surface area contributed by atoms with Gasteiger partial charge in [0.1, 0.15) is 6.10 Å². The minimum atomic E-state index is -1.59. The van der Waals surface area contributed by atoms with Gasteiger partial charge in [0.2, 0.25) is 0 Å². The Bertz CT molecular complexity index is 559. The number of ether oxygens (including phenoxy) is 1. The third-order valence-electron chi connectivity index (χ3n) is 5.73. The van der Waals surface area contributed by atoms with Crippen LogP contribution in [0.2, 0.25) is 0 Å². The Balaban J connectivity index is 1.80. The van der Waals surface area contributed by atoms with Crippen molar-refractivity contribution in [2.75, 3.05) is 7.05 Å². The van der Waals surface area contributed by atoms with Crippen LogP contribution in [0.15, 0.2) is 30.3 Å². The molecular formula is C19H27NO3. The molecule has 0 radical (unpaired) electrons. The molecule has 2 heterocycles. The van der Waals surface area contributed by atoms with Crippen molar-refractivity contribution in [3.8, 4) is 0 Å². The summed E-state index contributed by atoms with van der Waals surface area (Å²) < 4.78 is 5.84. The molecule has 2 saturated heterocycles. The Kier molecular flexibility index (Phi) is 4.47. The molecule has 23 heavy (non-hydrogen) atoms. The highest BCUT2D eigenvalue weighted by atomic mass is 16.6. The lowest BCUT2D eigenvalue weighted by atomic mass is 9.83. The third-order valence-corrected chi connectivity index (χ3v) is 5.73. The van der Waals surface area contributed by atoms with Crippen LogP contribution in [0.5, 0.6) is 0 Å². The van der Waals surface area contributed by atoms with Crippen molar-refractivity contribution in [1.82, 2.24) is 4.90 Å². The van der Waals surface area contributed by atoms with E-state index < -0.39 is 11.6 Å². The normalized spacial score (nSPS) is 30.2. The Hall–Kier alpha value is -1.39. The van der Waals surface area contributed by atoms with E-state index in [4.69, 9.17) is 4.74 Å². The van der Waals surface area contributed by atoms with Crippen molar-refractivity contribution in [3.05, 3.63) is 35.9 Å². The monoisotopic (exact) mass is 317 g/mol. The Labute approximate surface area is 138 Å². The molecule has 2 aliphatic rings. The summed E-state index contributed by atoms with van der Waals surface area (Å²) in [5.74, 6) is -0.766. The minimum Gasteiger partial charge on any atom is -0.458 e. The number of carbonyl (C=O) groups is 1. The van der Waals surface area contributed by atoms with Gasteiger partial charge in [-0.15, -0.1) is 0 Å². The van der Waals surface area contributed by atoms with Crippen LogP contribution in [0.3, 0.4) is 0 Å². The fourth-order valence-electron chi connectivity index (χ4n) is 4.13. The van der Waals surface area contributed by atoms with Gasteiger partial charge in [0, 0.05) is 12.1 Å². The number of hydrogen-bond donors (Lipinski definition) is 1. The summed E-state index contributed by atoms with van der Waals surface area (Å²) in [5.41, 5.74) is -0.983. The number of piperidine rings is 1. The van der Waals surface area contributed by atoms with Gasteiger partial charge in [0.15, 0.2) is 5.60 Å². The van der Waals surface area contributed by atoms with Gasteiger partial charge in [0.05, 0.1) is 0 Å². The fourth-order valence-corrected chi connectivity index (χ4v) is 4.13. The number of rotatable bonds is 4. The summed E-state index contributed by atoms with van der Waals surface area (Å²) in [6, 6.07) is 10.1. The minimum absolute atomic E-state index is 0.111. The number of carbonyl (C=O) groups excluding carboxylic acids is 1. The highest BCUT2D eigenvalue weighted by molar-refractivity contribution is 5.81. The number of likely N-dealkylation sites (N-methyl/N-ethyl adjacent to an activating group) is 1. The SMILES string of the molecule is CC(C)C(O)(C(=O)O[C@@H]1CCC2CCC1N2C)c1ccccc1. The first-order valence-corrected chi connectivity index (χ1v) is 8.65. The third kappa shape index (κ3) is 2.79. The van der Waals surface area contributed by atoms with Crippen LogP contribution in [0.1, 0.15) is 45.1 Å². The van der Waals surface area contributed by atoms with Crippen LogP contribution in [0.4, 0.5) is 0 Å². The highest BCUT2D eigenvalue weighted by Gasteiger charge is 2.47. The number of hydrogen-bond acceptors (Lipinski definition) is 4. The second kappa shape index (κ2) is 6.25. The summed E-state index contributed by atoms with van der Waals surface area (Å²) in [6.07, 6.45) is 4.11. The van der Waals surface area contributed by atoms with E-state index in [-0.39, 0.29) is 12.0 Å². The van der Waals surface area contributed by atoms with Crippen LogP contribution < -0.4 is 0 Å². The Morgan fingerprint density at radius 3 is 2.52 bits per heavy atom. The maximum Gasteiger partial charge on any atom is 0.343 e. The summed E-state index contributed by atoms with van der Waals surface area (Å²) in [4.78, 5) is 15.2. The molecule has 1 N–H and O–H groups in total. The number of esters is 1. The molecule has 3 unspecified atom stereocenters. The molecular weight excluding hydrogens is 290 g/mol. The van der Waals surface area contributed by atoms with Crippen LogP contribution in [0.25, 0.3) is 0 Å². The molecule has 2 aliphatic heterocycles. The van der Waals surface area contributed by atoms with Crippen LogP contribution >= 0.6 is 0 Å². The average molecular weight is 317 g/mol. The number of benzene rings is 1. The molecule has 4 heteroatoms. The molecule has 3 rings (SSSR count). The van der Waals surface area contributed by atoms with E-state index in [1.807, 2.05) is 32.0 Å². The first-order chi connectivity index (χ1) is 10.9. The van der Waals surface area contributed by atoms with Gasteiger partial charge in [-0.25, -0.2) is 4.79 Å². The molecule has 1 aromatic carbocycles. The second-order valence-corrected chi connectivity index (χ2v) is 7.27. The maximum atomic E-state index is 12.9. The van der Waals surface area contributed by atoms with Crippen molar-refractivity contribution in [2.24, 2.45) is 5.92 Å². The van der Waals surface area contributed by atoms with Gasteiger partial charge in [-0.1, -0.05) is 44.2 Å². The quantitative estimate of drug-likeness (QED) is 0.868. The van der Waals surface area contributed by atoms with Crippen molar-refractivity contribution in [1.29, 1.82) is 0 Å². The zero-order chi connectivity index (χ0) is 16.6. The van der Waals surface area contributed by atoms with E-state index in [0.29, 0.717) is 17.6 Å². The van der Waals surface area contributed by atoms with Crippen LogP contribution in [-0.2, 0) is 15.1 Å². The van der Waals surface area contributed by atoms with E-state index in [1.54, 1.807) is 12.1 Å². The molecule has 0 spiro atoms. The average Bonchev–Trinajstić information content (AvgIpc) is 2.78. The molecule has 2 bridgehead atoms. The molecule has 1 aromatic rings. The van der Waals surface area contributed by atoms with Crippen molar-refractivity contribution < 1.29 is 14.6 Å². The summed E-state index contributed by atoms with van der Waals surface area (Å²) in [5, 5.41) is 11.1. The molecule has 0 aromatic heterocycles. The van der Waals surface area contributed by atoms with Crippen LogP contribution in [-0.4, -0.2) is 41.2 Å². The lowest BCUT2D eigenvalue weighted by Gasteiger charge is -2.39. The van der Waals surface area contributed by atoms with E-state index in [0.717, 1.165) is 19.3 Å². The molecule has 2 fully saturated rings. The summed E-state index contributed by atoms with van der Waals surface area (Å²) in [6.45, 7) is 3.71. The molecule has 0 aliphatic carbocycles. The second-order valence-electron chi connectivity index (χ2n) is 7.27. The maximum absolute atomic E-state index is 12.9. The smallest absolute Gasteiger partial charge is 0.343 e. The van der Waals surface area contributed by atoms with Crippen molar-refractivity contribution in [2.45, 2.75) is 63.3 Å². The van der Waals surface area contributed by atoms with Gasteiger partial charge >= 0.3 is 5.97 Å². The molecule has 4 nitrogen and oxygen atoms in total. The van der Waals surface area contributed by atoms with E-state index in [2.05, 4.69) is 11.9 Å². The van der Waals surface area contributed by atoms with E-state index >= 15 is 0 Å². The largest absolute Gasteiger partial charge is 0.458 e. The standard InChI is InChI=1S/C19H27NO3/c1-13(2)19(22,14-7-5-4-6-8-14)18(21)23-17-12-10-15-9-11-16(17)20(15)3/h4-8,13,15-17,22H,9-12H2,1-3H3/t15?,16?,17-,19?/m1/s1. The predicted octanol–water partition coefficient (Wildman–Crippen LogP) is 2.70. The number of fused-ring (bicyclic) bond motifs is 2. The molecule has 126 valence electrons. The lowest BCUT2D eigenvalue weighted by Crippen LogP contribution is -2.50. The molecule has 4 atom stereocenters. The Morgan fingerprint density at radius 1 is 1.22 bits per heavy atom. The van der Waals surface area contributed by atoms with Crippen molar-refractivity contribution in [3.63, 3.8) is 0 Å².